The Bertz CT molecular complexity index is 1020. The summed E-state index contributed by atoms with van der Waals surface area (Å²) in [6.07, 6.45) is 7.35. The summed E-state index contributed by atoms with van der Waals surface area (Å²) in [4.78, 5) is 15.9. The Morgan fingerprint density at radius 1 is 0.906 bits per heavy atom. The largest absolute Gasteiger partial charge is 0.388 e. The van der Waals surface area contributed by atoms with Crippen LogP contribution in [0.3, 0.4) is 0 Å². The normalized spacial score (nSPS) is 9.22. The van der Waals surface area contributed by atoms with Gasteiger partial charge in [-0.1, -0.05) is 80.6 Å². The standard InChI is InChI=1S/C18H15N3O.C7H9N.C2H6/c22-18(10-12-21-13-11-19-14-21)20-17-9-5-4-8-16(17)15-6-2-1-3-7-15;1-8-7-5-3-2-4-6-7;1-2/h1-9,14H,10,12H2,(H,20,22);2-6,8H,1H3;1-2H3. The summed E-state index contributed by atoms with van der Waals surface area (Å²) < 4.78 is 1.71. The molecule has 0 atom stereocenters. The predicted octanol–water partition coefficient (Wildman–Crippen LogP) is 5.93. The predicted molar refractivity (Wildman–Crippen MR) is 132 cm³/mol. The highest BCUT2D eigenvalue weighted by Crippen LogP contribution is 2.27. The number of nitrogens with one attached hydrogen (secondary N) is 2. The van der Waals surface area contributed by atoms with Gasteiger partial charge in [-0.05, 0) is 23.8 Å². The smallest absolute Gasteiger partial charge is 0.226 e. The van der Waals surface area contributed by atoms with E-state index < -0.39 is 0 Å². The Kier molecular flexibility index (Phi) is 10.6. The number of amides is 1. The quantitative estimate of drug-likeness (QED) is 0.401. The number of nitrogens with zero attached hydrogens (tertiary/aromatic N) is 2. The Hall–Kier alpha value is -4.04. The zero-order valence-electron chi connectivity index (χ0n) is 18.9. The Morgan fingerprint density at radius 2 is 1.53 bits per heavy atom. The lowest BCUT2D eigenvalue weighted by molar-refractivity contribution is -0.116. The lowest BCUT2D eigenvalue weighted by Gasteiger charge is -2.11. The number of aromatic nitrogens is 2. The van der Waals surface area contributed by atoms with Crippen LogP contribution >= 0.6 is 0 Å². The second-order valence-electron chi connectivity index (χ2n) is 6.49. The first-order valence-electron chi connectivity index (χ1n) is 10.7. The number of carbonyl (C=O) groups is 1. The van der Waals surface area contributed by atoms with Crippen LogP contribution in [0.4, 0.5) is 11.4 Å². The molecule has 1 aromatic heterocycles. The lowest BCUT2D eigenvalue weighted by atomic mass is 10.0. The molecule has 32 heavy (non-hydrogen) atoms. The molecule has 0 aliphatic heterocycles. The van der Waals surface area contributed by atoms with Crippen LogP contribution in [0.5, 0.6) is 0 Å². The summed E-state index contributed by atoms with van der Waals surface area (Å²) in [6, 6.07) is 27.9. The van der Waals surface area contributed by atoms with Gasteiger partial charge in [-0.2, -0.15) is 4.98 Å². The van der Waals surface area contributed by atoms with Crippen molar-refractivity contribution in [3.63, 3.8) is 0 Å². The van der Waals surface area contributed by atoms with Crippen molar-refractivity contribution < 1.29 is 4.79 Å². The summed E-state index contributed by atoms with van der Waals surface area (Å²) in [5, 5.41) is 6.00. The molecule has 0 aliphatic rings. The van der Waals surface area contributed by atoms with Gasteiger partial charge in [-0.15, -0.1) is 0 Å². The Balaban J connectivity index is 0.000000304. The highest BCUT2D eigenvalue weighted by atomic mass is 16.1. The van der Waals surface area contributed by atoms with Crippen molar-refractivity contribution >= 4 is 17.3 Å². The summed E-state index contributed by atoms with van der Waals surface area (Å²) in [5.74, 6) is -0.0366. The highest BCUT2D eigenvalue weighted by molar-refractivity contribution is 5.95. The van der Waals surface area contributed by atoms with E-state index in [2.05, 4.69) is 28.0 Å². The monoisotopic (exact) mass is 426 g/mol. The van der Waals surface area contributed by atoms with E-state index in [1.54, 1.807) is 10.9 Å². The first kappa shape index (κ1) is 24.2. The number of hydrogen-bond donors (Lipinski definition) is 2. The molecule has 0 unspecified atom stereocenters. The molecule has 2 N–H and O–H groups in total. The Morgan fingerprint density at radius 3 is 2.12 bits per heavy atom. The van der Waals surface area contributed by atoms with E-state index in [-0.39, 0.29) is 5.91 Å². The molecule has 164 valence electrons. The highest BCUT2D eigenvalue weighted by Gasteiger charge is 2.08. The molecule has 5 nitrogen and oxygen atoms in total. The van der Waals surface area contributed by atoms with Crippen molar-refractivity contribution in [3.05, 3.63) is 104 Å². The molecule has 1 amide bonds. The van der Waals surface area contributed by atoms with Gasteiger partial charge in [0.05, 0.1) is 6.20 Å². The van der Waals surface area contributed by atoms with Gasteiger partial charge in [-0.25, -0.2) is 0 Å². The van der Waals surface area contributed by atoms with Crippen LogP contribution < -0.4 is 10.6 Å². The topological polar surface area (TPSA) is 59.0 Å². The van der Waals surface area contributed by atoms with Crippen LogP contribution in [0.2, 0.25) is 0 Å². The van der Waals surface area contributed by atoms with Gasteiger partial charge < -0.3 is 10.6 Å². The fourth-order valence-corrected chi connectivity index (χ4v) is 2.84. The summed E-state index contributed by atoms with van der Waals surface area (Å²) in [5.41, 5.74) is 4.07. The zero-order valence-corrected chi connectivity index (χ0v) is 18.9. The fraction of sp³-hybridized carbons (Fsp3) is 0.185. The van der Waals surface area contributed by atoms with Crippen molar-refractivity contribution in [2.75, 3.05) is 17.7 Å². The van der Waals surface area contributed by atoms with E-state index >= 15 is 0 Å². The number of anilines is 2. The third-order valence-electron chi connectivity index (χ3n) is 4.38. The number of aryl methyl sites for hydroxylation is 1. The van der Waals surface area contributed by atoms with E-state index in [1.807, 2.05) is 106 Å². The van der Waals surface area contributed by atoms with Crippen molar-refractivity contribution in [2.24, 2.45) is 0 Å². The number of benzene rings is 3. The molecular weight excluding hydrogens is 396 g/mol. The van der Waals surface area contributed by atoms with Gasteiger partial charge >= 0.3 is 0 Å². The maximum atomic E-state index is 12.1. The number of carbonyl (C=O) groups excluding carboxylic acids is 1. The van der Waals surface area contributed by atoms with E-state index in [1.165, 1.54) is 0 Å². The second kappa shape index (κ2) is 14.1. The molecule has 0 saturated heterocycles. The van der Waals surface area contributed by atoms with Crippen LogP contribution in [-0.4, -0.2) is 22.5 Å². The van der Waals surface area contributed by atoms with Crippen LogP contribution in [0.15, 0.2) is 91.3 Å². The molecule has 0 bridgehead atoms. The number of rotatable bonds is 6. The van der Waals surface area contributed by atoms with Crippen molar-refractivity contribution in [3.8, 4) is 11.1 Å². The molecule has 3 aromatic carbocycles. The van der Waals surface area contributed by atoms with Gasteiger partial charge in [-0.3, -0.25) is 9.36 Å². The molecule has 0 fully saturated rings. The third kappa shape index (κ3) is 8.00. The Labute approximate surface area is 191 Å². The van der Waals surface area contributed by atoms with Crippen molar-refractivity contribution in [1.82, 2.24) is 9.55 Å². The summed E-state index contributed by atoms with van der Waals surface area (Å²) in [7, 11) is 1.91. The number of hydrogen-bond acceptors (Lipinski definition) is 3. The van der Waals surface area contributed by atoms with Crippen molar-refractivity contribution in [1.29, 1.82) is 0 Å². The van der Waals surface area contributed by atoms with Gasteiger partial charge in [0.2, 0.25) is 5.91 Å². The van der Waals surface area contributed by atoms with Crippen LogP contribution in [0.25, 0.3) is 11.1 Å². The molecule has 1 heterocycles. The summed E-state index contributed by atoms with van der Waals surface area (Å²) >= 11 is 0. The van der Waals surface area contributed by atoms with Crippen molar-refractivity contribution in [2.45, 2.75) is 26.8 Å². The zero-order chi connectivity index (χ0) is 23.0. The van der Waals surface area contributed by atoms with Gasteiger partial charge in [0, 0.05) is 43.1 Å². The third-order valence-corrected chi connectivity index (χ3v) is 4.38. The van der Waals surface area contributed by atoms with Crippen LogP contribution in [-0.2, 0) is 11.3 Å². The van der Waals surface area contributed by atoms with Crippen LogP contribution in [0, 0.1) is 12.4 Å². The van der Waals surface area contributed by atoms with E-state index in [0.29, 0.717) is 13.0 Å². The average Bonchev–Trinajstić information content (AvgIpc) is 3.40. The summed E-state index contributed by atoms with van der Waals surface area (Å²) in [6.45, 7) is 4.54. The lowest BCUT2D eigenvalue weighted by Crippen LogP contribution is -2.14. The second-order valence-corrected chi connectivity index (χ2v) is 6.49. The van der Waals surface area contributed by atoms with E-state index in [9.17, 15) is 4.79 Å². The molecule has 0 radical (unpaired) electrons. The molecule has 4 rings (SSSR count). The molecule has 5 heteroatoms. The minimum absolute atomic E-state index is 0.0366. The molecule has 0 aliphatic carbocycles. The van der Waals surface area contributed by atoms with E-state index in [0.717, 1.165) is 22.5 Å². The maximum absolute atomic E-state index is 12.1. The first-order valence-corrected chi connectivity index (χ1v) is 10.7. The van der Waals surface area contributed by atoms with Gasteiger partial charge in [0.15, 0.2) is 0 Å². The molecule has 4 aromatic rings. The number of para-hydroxylation sites is 2. The fourth-order valence-electron chi connectivity index (χ4n) is 2.84. The molecule has 0 spiro atoms. The molecule has 0 saturated carbocycles. The van der Waals surface area contributed by atoms with Crippen LogP contribution in [0.1, 0.15) is 20.3 Å². The van der Waals surface area contributed by atoms with Gasteiger partial charge in [0.25, 0.3) is 0 Å². The average molecular weight is 427 g/mol. The minimum Gasteiger partial charge on any atom is -0.388 e. The van der Waals surface area contributed by atoms with E-state index in [4.69, 9.17) is 0 Å². The first-order chi connectivity index (χ1) is 15.8. The SMILES string of the molecule is CC.CNc1ccccc1.O=C(CCn1c#cnc1)Nc1ccccc1-c1ccccc1. The maximum Gasteiger partial charge on any atom is 0.226 e. The minimum atomic E-state index is -0.0366. The van der Waals surface area contributed by atoms with Gasteiger partial charge in [0.1, 0.15) is 6.33 Å². The molecular formula is C27H30N4O.